The van der Waals surface area contributed by atoms with Crippen LogP contribution < -0.4 is 25.0 Å². The number of nitrogens with zero attached hydrogens (tertiary/aromatic N) is 3. The van der Waals surface area contributed by atoms with Crippen LogP contribution in [0.5, 0.6) is 17.2 Å². The maximum atomic E-state index is 12.7. The number of aromatic nitrogens is 1. The van der Waals surface area contributed by atoms with Crippen molar-refractivity contribution in [3.05, 3.63) is 129 Å². The molecule has 0 saturated carbocycles. The molecule has 0 aliphatic rings. The van der Waals surface area contributed by atoms with Crippen LogP contribution in [0.15, 0.2) is 94.4 Å². The predicted octanol–water partition coefficient (Wildman–Crippen LogP) is 6.66. The van der Waals surface area contributed by atoms with Crippen molar-refractivity contribution >= 4 is 29.4 Å². The minimum Gasteiger partial charge on any atom is -0.490 e. The lowest BCUT2D eigenvalue weighted by molar-refractivity contribution is -0.385. The van der Waals surface area contributed by atoms with Crippen LogP contribution in [0.4, 0.5) is 11.4 Å². The molecule has 252 valence electrons. The molecule has 3 aromatic carbocycles. The van der Waals surface area contributed by atoms with Crippen LogP contribution in [0.2, 0.25) is 0 Å². The van der Waals surface area contributed by atoms with Crippen LogP contribution in [0.1, 0.15) is 45.8 Å². The number of hydrazone groups is 1. The predicted molar refractivity (Wildman–Crippen MR) is 183 cm³/mol. The van der Waals surface area contributed by atoms with Gasteiger partial charge in [-0.2, -0.15) is 5.10 Å². The summed E-state index contributed by atoms with van der Waals surface area (Å²) in [5.41, 5.74) is 7.03. The highest BCUT2D eigenvalue weighted by atomic mass is 16.6. The zero-order valence-electron chi connectivity index (χ0n) is 27.4. The summed E-state index contributed by atoms with van der Waals surface area (Å²) in [6.45, 7) is 7.49. The van der Waals surface area contributed by atoms with Gasteiger partial charge in [0.05, 0.1) is 17.7 Å². The molecular formula is C36H35N5O8. The number of rotatable bonds is 14. The van der Waals surface area contributed by atoms with Gasteiger partial charge in [-0.25, -0.2) is 5.43 Å². The van der Waals surface area contributed by atoms with Crippen molar-refractivity contribution in [3.63, 3.8) is 0 Å². The molecule has 2 N–H and O–H groups in total. The Bertz CT molecular complexity index is 1960. The van der Waals surface area contributed by atoms with Crippen LogP contribution in [-0.4, -0.2) is 40.7 Å². The van der Waals surface area contributed by atoms with E-state index in [1.165, 1.54) is 24.4 Å². The topological polar surface area (TPSA) is 159 Å². The minimum atomic E-state index is -0.656. The smallest absolute Gasteiger partial charge is 0.315 e. The molecule has 2 aromatic heterocycles. The average Bonchev–Trinajstić information content (AvgIpc) is 3.70. The molecule has 5 rings (SSSR count). The van der Waals surface area contributed by atoms with Crippen LogP contribution in [0, 0.1) is 30.9 Å². The summed E-state index contributed by atoms with van der Waals surface area (Å²) in [7, 11) is 0. The van der Waals surface area contributed by atoms with Crippen LogP contribution >= 0.6 is 0 Å². The molecule has 13 heteroatoms. The van der Waals surface area contributed by atoms with Gasteiger partial charge in [-0.15, -0.1) is 0 Å². The van der Waals surface area contributed by atoms with E-state index in [4.69, 9.17) is 18.6 Å². The minimum absolute atomic E-state index is 0.00157. The molecule has 5 aromatic rings. The molecule has 0 bridgehead atoms. The Hall–Kier alpha value is -6.37. The molecular weight excluding hydrogens is 630 g/mol. The summed E-state index contributed by atoms with van der Waals surface area (Å²) in [4.78, 5) is 36.4. The number of ether oxygens (including phenoxy) is 3. The number of aryl methyl sites for hydroxylation is 3. The molecule has 0 radical (unpaired) electrons. The Morgan fingerprint density at radius 3 is 2.31 bits per heavy atom. The monoisotopic (exact) mass is 665 g/mol. The zero-order valence-corrected chi connectivity index (χ0v) is 27.4. The average molecular weight is 666 g/mol. The lowest BCUT2D eigenvalue weighted by atomic mass is 10.2. The summed E-state index contributed by atoms with van der Waals surface area (Å²) in [6, 6.07) is 24.7. The molecule has 0 aliphatic heterocycles. The Kier molecular flexibility index (Phi) is 10.7. The van der Waals surface area contributed by atoms with Crippen molar-refractivity contribution < 1.29 is 33.1 Å². The number of furan rings is 1. The highest BCUT2D eigenvalue weighted by Crippen LogP contribution is 2.38. The second kappa shape index (κ2) is 15.5. The number of nitro groups is 1. The lowest BCUT2D eigenvalue weighted by Crippen LogP contribution is -2.20. The first-order chi connectivity index (χ1) is 23.6. The number of anilines is 1. The van der Waals surface area contributed by atoms with E-state index >= 15 is 0 Å². The van der Waals surface area contributed by atoms with E-state index in [1.807, 2.05) is 57.2 Å². The number of nitro benzene ring substituents is 1. The highest BCUT2D eigenvalue weighted by molar-refractivity contribution is 5.93. The van der Waals surface area contributed by atoms with Gasteiger partial charge in [0.1, 0.15) is 18.1 Å². The second-order valence-electron chi connectivity index (χ2n) is 11.0. The SMILES string of the molecule is CCOc1cc(/C=N/NC(=O)c2ccc(COc3ccc(-n4c(C)ccc4C)cc3)o2)cc([N+](=O)[O-])c1OCC(=O)Nc1ccc(C)cc1. The van der Waals surface area contributed by atoms with Gasteiger partial charge in [-0.3, -0.25) is 19.7 Å². The van der Waals surface area contributed by atoms with Crippen molar-refractivity contribution in [3.8, 4) is 22.9 Å². The first kappa shape index (κ1) is 34.0. The number of benzene rings is 3. The fraction of sp³-hybridized carbons (Fsp3) is 0.194. The van der Waals surface area contributed by atoms with E-state index in [1.54, 1.807) is 25.1 Å². The van der Waals surface area contributed by atoms with Gasteiger partial charge in [-0.05, 0) is 94.4 Å². The van der Waals surface area contributed by atoms with Crippen molar-refractivity contribution in [1.82, 2.24) is 9.99 Å². The third kappa shape index (κ3) is 8.71. The maximum Gasteiger partial charge on any atom is 0.315 e. The number of hydrogen-bond acceptors (Lipinski definition) is 9. The van der Waals surface area contributed by atoms with E-state index < -0.39 is 29.0 Å². The third-order valence-corrected chi connectivity index (χ3v) is 7.25. The van der Waals surface area contributed by atoms with Crippen molar-refractivity contribution in [1.29, 1.82) is 0 Å². The molecule has 0 atom stereocenters. The number of carbonyl (C=O) groups excluding carboxylic acids is 2. The molecule has 0 aliphatic carbocycles. The quantitative estimate of drug-likeness (QED) is 0.0757. The van der Waals surface area contributed by atoms with Crippen molar-refractivity contribution in [2.24, 2.45) is 5.10 Å². The second-order valence-corrected chi connectivity index (χ2v) is 11.0. The Labute approximate surface area is 282 Å². The summed E-state index contributed by atoms with van der Waals surface area (Å²) < 4.78 is 24.7. The Balaban J connectivity index is 1.18. The summed E-state index contributed by atoms with van der Waals surface area (Å²) >= 11 is 0. The normalized spacial score (nSPS) is 10.9. The zero-order chi connectivity index (χ0) is 34.9. The van der Waals surface area contributed by atoms with Crippen molar-refractivity contribution in [2.75, 3.05) is 18.5 Å². The summed E-state index contributed by atoms with van der Waals surface area (Å²) in [5.74, 6) is -0.251. The number of carbonyl (C=O) groups is 2. The first-order valence-corrected chi connectivity index (χ1v) is 15.4. The molecule has 0 saturated heterocycles. The van der Waals surface area contributed by atoms with Gasteiger partial charge in [0.25, 0.3) is 5.91 Å². The fourth-order valence-electron chi connectivity index (χ4n) is 4.92. The van der Waals surface area contributed by atoms with Gasteiger partial charge in [0.2, 0.25) is 5.75 Å². The van der Waals surface area contributed by atoms with Crippen LogP contribution in [-0.2, 0) is 11.4 Å². The maximum absolute atomic E-state index is 12.7. The van der Waals surface area contributed by atoms with E-state index in [9.17, 15) is 19.7 Å². The van der Waals surface area contributed by atoms with Gasteiger partial charge >= 0.3 is 11.6 Å². The Morgan fingerprint density at radius 1 is 0.918 bits per heavy atom. The molecule has 0 fully saturated rings. The number of hydrogen-bond donors (Lipinski definition) is 2. The molecule has 49 heavy (non-hydrogen) atoms. The van der Waals surface area contributed by atoms with Gasteiger partial charge in [0.15, 0.2) is 18.1 Å². The van der Waals surface area contributed by atoms with E-state index in [-0.39, 0.29) is 36.0 Å². The molecule has 2 amide bonds. The number of nitrogens with one attached hydrogen (secondary N) is 2. The van der Waals surface area contributed by atoms with Crippen LogP contribution in [0.25, 0.3) is 5.69 Å². The molecule has 2 heterocycles. The largest absolute Gasteiger partial charge is 0.490 e. The van der Waals surface area contributed by atoms with Gasteiger partial charge in [0, 0.05) is 34.4 Å². The van der Waals surface area contributed by atoms with E-state index in [0.717, 1.165) is 22.6 Å². The number of amides is 2. The van der Waals surface area contributed by atoms with Crippen LogP contribution in [0.3, 0.4) is 0 Å². The lowest BCUT2D eigenvalue weighted by Gasteiger charge is -2.13. The third-order valence-electron chi connectivity index (χ3n) is 7.25. The van der Waals surface area contributed by atoms with Gasteiger partial charge < -0.3 is 28.5 Å². The van der Waals surface area contributed by atoms with Gasteiger partial charge in [-0.1, -0.05) is 17.7 Å². The Morgan fingerprint density at radius 2 is 1.63 bits per heavy atom. The van der Waals surface area contributed by atoms with E-state index in [2.05, 4.69) is 32.5 Å². The fourth-order valence-corrected chi connectivity index (χ4v) is 4.92. The highest BCUT2D eigenvalue weighted by Gasteiger charge is 2.23. The first-order valence-electron chi connectivity index (χ1n) is 15.4. The molecule has 0 unspecified atom stereocenters. The molecule has 0 spiro atoms. The summed E-state index contributed by atoms with van der Waals surface area (Å²) in [5, 5.41) is 18.5. The van der Waals surface area contributed by atoms with Crippen molar-refractivity contribution in [2.45, 2.75) is 34.3 Å². The van der Waals surface area contributed by atoms with E-state index in [0.29, 0.717) is 17.2 Å². The summed E-state index contributed by atoms with van der Waals surface area (Å²) in [6.07, 6.45) is 1.22. The standard InChI is InChI=1S/C36H35N5O8/c1-5-46-33-19-26(18-31(41(44)45)35(33)48-22-34(42)38-27-10-6-23(2)7-11-27)20-37-39-36(43)32-17-16-30(49-32)21-47-29-14-12-28(13-15-29)40-24(3)8-9-25(40)4/h6-20H,5,21-22H2,1-4H3,(H,38,42)(H,39,43)/b37-20+. The molecule has 13 nitrogen and oxygen atoms in total.